The first-order valence-electron chi connectivity index (χ1n) is 25.1. The van der Waals surface area contributed by atoms with E-state index >= 15 is 0 Å². The van der Waals surface area contributed by atoms with Crippen LogP contribution in [0.3, 0.4) is 0 Å². The van der Waals surface area contributed by atoms with Gasteiger partial charge >= 0.3 is 0 Å². The third-order valence-corrected chi connectivity index (χ3v) is 14.6. The molecule has 0 unspecified atom stereocenters. The predicted molar refractivity (Wildman–Crippen MR) is 303 cm³/mol. The van der Waals surface area contributed by atoms with E-state index in [9.17, 15) is 0 Å². The van der Waals surface area contributed by atoms with Crippen molar-refractivity contribution in [1.82, 2.24) is 0 Å². The molecule has 0 amide bonds. The highest BCUT2D eigenvalue weighted by Gasteiger charge is 2.39. The number of nitrogens with zero attached hydrogens (tertiary/aromatic N) is 2. The molecule has 0 aliphatic heterocycles. The molecule has 1 aliphatic rings. The van der Waals surface area contributed by atoms with Crippen LogP contribution >= 0.6 is 0 Å². The van der Waals surface area contributed by atoms with Gasteiger partial charge < -0.3 is 18.6 Å². The molecule has 0 saturated carbocycles. The van der Waals surface area contributed by atoms with Crippen molar-refractivity contribution < 1.29 is 8.83 Å². The Kier molecular flexibility index (Phi) is 11.5. The number of hydrogen-bond acceptors (Lipinski definition) is 4. The van der Waals surface area contributed by atoms with Gasteiger partial charge in [-0.05, 0) is 135 Å². The van der Waals surface area contributed by atoms with E-state index in [4.69, 9.17) is 22.0 Å². The summed E-state index contributed by atoms with van der Waals surface area (Å²) in [4.78, 5) is 4.56. The SMILES string of the molecule is C=C(/C=C\C(=C)N(c1ccc(C(C)C)cc1)c1cccc2c1oc1ccccc12)C1=C(/C=C\CC)c2ccc3cc(N(c4ccc(C(C)C)cc4)c4cccc5c4oc4ccccc45)ccc3c2C1(C)C. The molecule has 0 spiro atoms. The Bertz CT molecular complexity index is 3810. The second kappa shape index (κ2) is 18.0. The molecule has 2 heterocycles. The maximum absolute atomic E-state index is 6.68. The van der Waals surface area contributed by atoms with Gasteiger partial charge in [-0.2, -0.15) is 0 Å². The lowest BCUT2D eigenvalue weighted by Crippen LogP contribution is -2.19. The van der Waals surface area contributed by atoms with Crippen molar-refractivity contribution >= 4 is 88.7 Å². The molecule has 0 saturated heterocycles. The first-order chi connectivity index (χ1) is 34.4. The molecular formula is C67H60N2O2. The van der Waals surface area contributed by atoms with Crippen molar-refractivity contribution in [3.8, 4) is 0 Å². The largest absolute Gasteiger partial charge is 0.454 e. The summed E-state index contributed by atoms with van der Waals surface area (Å²) in [6.45, 7) is 25.4. The monoisotopic (exact) mass is 924 g/mol. The molecule has 0 atom stereocenters. The molecule has 1 aliphatic carbocycles. The first kappa shape index (κ1) is 45.4. The lowest BCUT2D eigenvalue weighted by atomic mass is 9.76. The van der Waals surface area contributed by atoms with Gasteiger partial charge in [0, 0.05) is 49.7 Å². The summed E-state index contributed by atoms with van der Waals surface area (Å²) < 4.78 is 13.3. The number of hydrogen-bond donors (Lipinski definition) is 0. The Morgan fingerprint density at radius 3 is 1.72 bits per heavy atom. The van der Waals surface area contributed by atoms with Crippen molar-refractivity contribution in [1.29, 1.82) is 0 Å². The highest BCUT2D eigenvalue weighted by atomic mass is 16.3. The van der Waals surface area contributed by atoms with Gasteiger partial charge in [0.2, 0.25) is 0 Å². The van der Waals surface area contributed by atoms with Gasteiger partial charge in [-0.15, -0.1) is 0 Å². The molecular weight excluding hydrogens is 865 g/mol. The van der Waals surface area contributed by atoms with Crippen LogP contribution in [-0.2, 0) is 5.41 Å². The lowest BCUT2D eigenvalue weighted by Gasteiger charge is -2.29. The van der Waals surface area contributed by atoms with Crippen LogP contribution in [0.15, 0.2) is 227 Å². The smallest absolute Gasteiger partial charge is 0.159 e. The average molecular weight is 925 g/mol. The highest BCUT2D eigenvalue weighted by molar-refractivity contribution is 6.12. The summed E-state index contributed by atoms with van der Waals surface area (Å²) in [5.41, 5.74) is 17.4. The summed E-state index contributed by atoms with van der Waals surface area (Å²) in [7, 11) is 0. The van der Waals surface area contributed by atoms with Gasteiger partial charge in [-0.25, -0.2) is 0 Å². The van der Waals surface area contributed by atoms with Crippen LogP contribution in [0.25, 0.3) is 60.2 Å². The number of benzene rings is 8. The zero-order valence-electron chi connectivity index (χ0n) is 41.9. The average Bonchev–Trinajstić information content (AvgIpc) is 4.03. The normalized spacial score (nSPS) is 13.6. The molecule has 350 valence electrons. The molecule has 0 bridgehead atoms. The fourth-order valence-electron chi connectivity index (χ4n) is 11.0. The molecule has 4 nitrogen and oxygen atoms in total. The number of rotatable bonds is 13. The van der Waals surface area contributed by atoms with Crippen LogP contribution in [0.2, 0.25) is 0 Å². The summed E-state index contributed by atoms with van der Waals surface area (Å²) >= 11 is 0. The van der Waals surface area contributed by atoms with Crippen LogP contribution in [0.1, 0.15) is 89.0 Å². The van der Waals surface area contributed by atoms with E-state index in [-0.39, 0.29) is 5.41 Å². The zero-order chi connectivity index (χ0) is 49.1. The maximum Gasteiger partial charge on any atom is 0.159 e. The van der Waals surface area contributed by atoms with E-state index in [1.165, 1.54) is 44.2 Å². The highest BCUT2D eigenvalue weighted by Crippen LogP contribution is 2.53. The topological polar surface area (TPSA) is 32.8 Å². The summed E-state index contributed by atoms with van der Waals surface area (Å²) in [5, 5.41) is 6.77. The second-order valence-corrected chi connectivity index (χ2v) is 20.1. The molecule has 8 aromatic carbocycles. The number of para-hydroxylation sites is 4. The number of furan rings is 2. The third kappa shape index (κ3) is 7.79. The van der Waals surface area contributed by atoms with E-state index in [1.54, 1.807) is 0 Å². The Morgan fingerprint density at radius 2 is 1.11 bits per heavy atom. The molecule has 0 N–H and O–H groups in total. The van der Waals surface area contributed by atoms with Gasteiger partial charge in [0.1, 0.15) is 11.2 Å². The van der Waals surface area contributed by atoms with Crippen molar-refractivity contribution in [2.75, 3.05) is 9.80 Å². The van der Waals surface area contributed by atoms with E-state index in [0.29, 0.717) is 11.8 Å². The van der Waals surface area contributed by atoms with Crippen LogP contribution in [-0.4, -0.2) is 0 Å². The standard InChI is InChI=1S/C67H60N2O2/c1-10-11-18-55-56-39-33-48-41-51(69(50-36-31-47(32-37-50)43(4)5)60-24-17-22-58-54-20-13-15-26-62(54)71-66(58)60)38-40-52(48)64(56)67(8,9)63(55)44(6)27-28-45(7)68(49-34-29-46(30-35-49)42(2)3)59-23-16-21-57-53-19-12-14-25-61(53)70-65(57)59/h11-43H,6-7,10H2,1-5,8-9H3/b18-11-,28-27-. The Hall–Kier alpha value is -8.08. The van der Waals surface area contributed by atoms with Gasteiger partial charge in [0.05, 0.1) is 11.4 Å². The first-order valence-corrected chi connectivity index (χ1v) is 25.1. The number of fused-ring (bicyclic) bond motifs is 9. The molecule has 4 heteroatoms. The van der Waals surface area contributed by atoms with Gasteiger partial charge in [-0.3, -0.25) is 0 Å². The van der Waals surface area contributed by atoms with Crippen LogP contribution in [0.5, 0.6) is 0 Å². The van der Waals surface area contributed by atoms with E-state index in [1.807, 2.05) is 18.2 Å². The maximum atomic E-state index is 6.68. The lowest BCUT2D eigenvalue weighted by molar-refractivity contribution is 0.655. The molecule has 2 aromatic heterocycles. The molecule has 0 radical (unpaired) electrons. The molecule has 0 fully saturated rings. The van der Waals surface area contributed by atoms with Crippen LogP contribution < -0.4 is 9.80 Å². The Labute approximate surface area is 417 Å². The summed E-state index contributed by atoms with van der Waals surface area (Å²) in [6, 6.07) is 58.7. The van der Waals surface area contributed by atoms with Gasteiger partial charge in [-0.1, -0.05) is 183 Å². The quantitative estimate of drug-likeness (QED) is 0.108. The van der Waals surface area contributed by atoms with E-state index < -0.39 is 0 Å². The van der Waals surface area contributed by atoms with Crippen molar-refractivity contribution in [2.24, 2.45) is 0 Å². The van der Waals surface area contributed by atoms with Crippen molar-refractivity contribution in [2.45, 2.75) is 72.1 Å². The number of anilines is 5. The predicted octanol–water partition coefficient (Wildman–Crippen LogP) is 19.8. The van der Waals surface area contributed by atoms with Crippen molar-refractivity contribution in [3.05, 3.63) is 240 Å². The fraction of sp³-hybridized carbons (Fsp3) is 0.164. The molecule has 71 heavy (non-hydrogen) atoms. The third-order valence-electron chi connectivity index (χ3n) is 14.6. The van der Waals surface area contributed by atoms with Crippen LogP contribution in [0.4, 0.5) is 28.4 Å². The second-order valence-electron chi connectivity index (χ2n) is 20.1. The van der Waals surface area contributed by atoms with Gasteiger partial charge in [0.25, 0.3) is 0 Å². The fourth-order valence-corrected chi connectivity index (χ4v) is 11.0. The minimum Gasteiger partial charge on any atom is -0.454 e. The molecule has 11 rings (SSSR count). The summed E-state index contributed by atoms with van der Waals surface area (Å²) in [5.74, 6) is 0.839. The minimum atomic E-state index is -0.384. The zero-order valence-corrected chi connectivity index (χ0v) is 41.9. The summed E-state index contributed by atoms with van der Waals surface area (Å²) in [6.07, 6.45) is 9.76. The Morgan fingerprint density at radius 1 is 0.563 bits per heavy atom. The van der Waals surface area contributed by atoms with E-state index in [0.717, 1.165) is 90.0 Å². The van der Waals surface area contributed by atoms with Gasteiger partial charge in [0.15, 0.2) is 11.2 Å². The van der Waals surface area contributed by atoms with Crippen molar-refractivity contribution in [3.63, 3.8) is 0 Å². The minimum absolute atomic E-state index is 0.384. The Balaban J connectivity index is 0.987. The molecule has 10 aromatic rings. The number of allylic oxidation sites excluding steroid dienone is 7. The van der Waals surface area contributed by atoms with E-state index in [2.05, 4.69) is 228 Å². The van der Waals surface area contributed by atoms with Crippen LogP contribution in [0, 0.1) is 0 Å².